The van der Waals surface area contributed by atoms with Gasteiger partial charge in [0.05, 0.1) is 12.7 Å². The zero-order valence-corrected chi connectivity index (χ0v) is 7.06. The number of ether oxygens (including phenoxy) is 1. The van der Waals surface area contributed by atoms with Crippen molar-refractivity contribution in [2.75, 3.05) is 13.2 Å². The highest BCUT2D eigenvalue weighted by Crippen LogP contribution is 1.99. The van der Waals surface area contributed by atoms with Gasteiger partial charge < -0.3 is 9.84 Å². The quantitative estimate of drug-likeness (QED) is 0.592. The van der Waals surface area contributed by atoms with Crippen LogP contribution in [0.2, 0.25) is 0 Å². The van der Waals surface area contributed by atoms with E-state index in [1.54, 1.807) is 0 Å². The standard InChI is InChI=1S/C6H11NO3.ClH/c1-4-2-7-5(3-10-4)6(8)9;/h4-5,7H,2-3H2,1H3,(H,8,9);1H/t4-,5-;/m0./s1. The van der Waals surface area contributed by atoms with Crippen LogP contribution in [0.15, 0.2) is 0 Å². The van der Waals surface area contributed by atoms with Crippen LogP contribution in [0.1, 0.15) is 6.92 Å². The molecule has 0 spiro atoms. The molecular formula is C6H12ClNO3. The van der Waals surface area contributed by atoms with Crippen molar-refractivity contribution in [3.8, 4) is 0 Å². The predicted molar refractivity (Wildman–Crippen MR) is 42.1 cm³/mol. The zero-order valence-electron chi connectivity index (χ0n) is 6.24. The summed E-state index contributed by atoms with van der Waals surface area (Å²) in [4.78, 5) is 10.3. The Kier molecular flexibility index (Phi) is 4.40. The number of hydrogen-bond donors (Lipinski definition) is 2. The average Bonchev–Trinajstić information content (AvgIpc) is 1.88. The van der Waals surface area contributed by atoms with Crippen molar-refractivity contribution in [3.05, 3.63) is 0 Å². The molecule has 2 N–H and O–H groups in total. The van der Waals surface area contributed by atoms with Gasteiger partial charge in [0.2, 0.25) is 0 Å². The molecule has 0 aromatic rings. The number of morpholine rings is 1. The number of aliphatic carboxylic acids is 1. The predicted octanol–water partition coefficient (Wildman–Crippen LogP) is -0.130. The second kappa shape index (κ2) is 4.54. The van der Waals surface area contributed by atoms with Gasteiger partial charge in [-0.15, -0.1) is 12.4 Å². The van der Waals surface area contributed by atoms with Gasteiger partial charge in [0.1, 0.15) is 6.04 Å². The van der Waals surface area contributed by atoms with Crippen LogP contribution in [0.5, 0.6) is 0 Å². The minimum atomic E-state index is -0.841. The average molecular weight is 182 g/mol. The molecule has 0 aromatic carbocycles. The molecule has 5 heteroatoms. The fourth-order valence-corrected chi connectivity index (χ4v) is 0.845. The minimum Gasteiger partial charge on any atom is -0.480 e. The number of rotatable bonds is 1. The lowest BCUT2D eigenvalue weighted by atomic mass is 10.2. The lowest BCUT2D eigenvalue weighted by molar-refractivity contribution is -0.143. The Bertz CT molecular complexity index is 134. The zero-order chi connectivity index (χ0) is 7.56. The molecule has 0 bridgehead atoms. The van der Waals surface area contributed by atoms with Crippen LogP contribution >= 0.6 is 12.4 Å². The van der Waals surface area contributed by atoms with Gasteiger partial charge in [0.15, 0.2) is 0 Å². The van der Waals surface area contributed by atoms with Crippen LogP contribution < -0.4 is 5.32 Å². The van der Waals surface area contributed by atoms with Crippen LogP contribution in [-0.2, 0) is 9.53 Å². The molecule has 0 aliphatic carbocycles. The fraction of sp³-hybridized carbons (Fsp3) is 0.833. The monoisotopic (exact) mass is 181 g/mol. The van der Waals surface area contributed by atoms with Crippen LogP contribution in [0.25, 0.3) is 0 Å². The first-order valence-corrected chi connectivity index (χ1v) is 3.28. The van der Waals surface area contributed by atoms with E-state index in [-0.39, 0.29) is 25.1 Å². The Labute approximate surface area is 71.3 Å². The summed E-state index contributed by atoms with van der Waals surface area (Å²) in [6, 6.07) is -0.517. The van der Waals surface area contributed by atoms with Crippen molar-refractivity contribution in [2.24, 2.45) is 0 Å². The summed E-state index contributed by atoms with van der Waals surface area (Å²) >= 11 is 0. The molecule has 4 nitrogen and oxygen atoms in total. The number of halogens is 1. The van der Waals surface area contributed by atoms with E-state index in [0.717, 1.165) is 0 Å². The van der Waals surface area contributed by atoms with Gasteiger partial charge >= 0.3 is 5.97 Å². The Morgan fingerprint density at radius 2 is 2.36 bits per heavy atom. The van der Waals surface area contributed by atoms with Crippen LogP contribution in [0.4, 0.5) is 0 Å². The SMILES string of the molecule is C[C@H]1CN[C@H](C(=O)O)CO1.Cl. The first kappa shape index (κ1) is 10.7. The Morgan fingerprint density at radius 1 is 1.73 bits per heavy atom. The molecule has 1 aliphatic heterocycles. The molecule has 0 saturated carbocycles. The fourth-order valence-electron chi connectivity index (χ4n) is 0.845. The van der Waals surface area contributed by atoms with Crippen molar-refractivity contribution >= 4 is 18.4 Å². The van der Waals surface area contributed by atoms with Crippen molar-refractivity contribution in [3.63, 3.8) is 0 Å². The first-order valence-electron chi connectivity index (χ1n) is 3.28. The lowest BCUT2D eigenvalue weighted by Gasteiger charge is -2.25. The number of carbonyl (C=O) groups is 1. The van der Waals surface area contributed by atoms with Gasteiger partial charge in [-0.25, -0.2) is 0 Å². The summed E-state index contributed by atoms with van der Waals surface area (Å²) in [5.74, 6) is -0.841. The highest BCUT2D eigenvalue weighted by molar-refractivity contribution is 5.85. The van der Waals surface area contributed by atoms with Crippen LogP contribution in [-0.4, -0.2) is 36.4 Å². The van der Waals surface area contributed by atoms with E-state index in [2.05, 4.69) is 5.32 Å². The Hall–Kier alpha value is -0.320. The molecule has 1 rings (SSSR count). The maximum atomic E-state index is 10.3. The van der Waals surface area contributed by atoms with E-state index in [4.69, 9.17) is 9.84 Å². The van der Waals surface area contributed by atoms with Gasteiger partial charge in [-0.2, -0.15) is 0 Å². The molecule has 1 aliphatic rings. The van der Waals surface area contributed by atoms with Gasteiger partial charge in [-0.3, -0.25) is 10.1 Å². The van der Waals surface area contributed by atoms with Crippen molar-refractivity contribution in [2.45, 2.75) is 19.1 Å². The second-order valence-electron chi connectivity index (χ2n) is 2.44. The van der Waals surface area contributed by atoms with Gasteiger partial charge in [0, 0.05) is 6.54 Å². The van der Waals surface area contributed by atoms with Crippen molar-refractivity contribution in [1.82, 2.24) is 5.32 Å². The molecule has 1 saturated heterocycles. The molecule has 0 unspecified atom stereocenters. The van der Waals surface area contributed by atoms with Crippen molar-refractivity contribution < 1.29 is 14.6 Å². The van der Waals surface area contributed by atoms with Gasteiger partial charge in [-0.05, 0) is 6.92 Å². The van der Waals surface area contributed by atoms with Crippen molar-refractivity contribution in [1.29, 1.82) is 0 Å². The van der Waals surface area contributed by atoms with E-state index >= 15 is 0 Å². The molecule has 1 fully saturated rings. The largest absolute Gasteiger partial charge is 0.480 e. The highest BCUT2D eigenvalue weighted by Gasteiger charge is 2.22. The maximum Gasteiger partial charge on any atom is 0.323 e. The third-order valence-electron chi connectivity index (χ3n) is 1.50. The smallest absolute Gasteiger partial charge is 0.323 e. The third kappa shape index (κ3) is 3.05. The molecule has 2 atom stereocenters. The summed E-state index contributed by atoms with van der Waals surface area (Å²) in [6.45, 7) is 2.80. The molecule has 0 radical (unpaired) electrons. The van der Waals surface area contributed by atoms with E-state index in [9.17, 15) is 4.79 Å². The van der Waals surface area contributed by atoms with E-state index in [0.29, 0.717) is 6.54 Å². The molecule has 0 aromatic heterocycles. The molecule has 11 heavy (non-hydrogen) atoms. The van der Waals surface area contributed by atoms with E-state index in [1.165, 1.54) is 0 Å². The Morgan fingerprint density at radius 3 is 2.73 bits per heavy atom. The molecule has 1 heterocycles. The Balaban J connectivity index is 0.000001000. The number of carboxylic acid groups (broad SMARTS) is 1. The highest BCUT2D eigenvalue weighted by atomic mass is 35.5. The second-order valence-corrected chi connectivity index (χ2v) is 2.44. The number of hydrogen-bond acceptors (Lipinski definition) is 3. The van der Waals surface area contributed by atoms with Crippen LogP contribution in [0, 0.1) is 0 Å². The maximum absolute atomic E-state index is 10.3. The third-order valence-corrected chi connectivity index (χ3v) is 1.50. The first-order chi connectivity index (χ1) is 4.70. The molecular weight excluding hydrogens is 170 g/mol. The molecule has 66 valence electrons. The summed E-state index contributed by atoms with van der Waals surface area (Å²) in [6.07, 6.45) is 0.135. The van der Waals surface area contributed by atoms with Gasteiger partial charge in [-0.1, -0.05) is 0 Å². The van der Waals surface area contributed by atoms with E-state index in [1.807, 2.05) is 6.92 Å². The topological polar surface area (TPSA) is 58.6 Å². The number of carboxylic acids is 1. The van der Waals surface area contributed by atoms with Crippen LogP contribution in [0.3, 0.4) is 0 Å². The summed E-state index contributed by atoms with van der Waals surface area (Å²) in [7, 11) is 0. The minimum absolute atomic E-state index is 0. The molecule has 0 amide bonds. The lowest BCUT2D eigenvalue weighted by Crippen LogP contribution is -2.49. The van der Waals surface area contributed by atoms with E-state index < -0.39 is 12.0 Å². The summed E-state index contributed by atoms with van der Waals surface area (Å²) < 4.78 is 5.11. The summed E-state index contributed by atoms with van der Waals surface area (Å²) in [5, 5.41) is 11.3. The van der Waals surface area contributed by atoms with Gasteiger partial charge in [0.25, 0.3) is 0 Å². The normalized spacial score (nSPS) is 30.6. The number of nitrogens with one attached hydrogen (secondary N) is 1. The summed E-state index contributed by atoms with van der Waals surface area (Å²) in [5.41, 5.74) is 0.